The highest BCUT2D eigenvalue weighted by Crippen LogP contribution is 2.26. The fourth-order valence-electron chi connectivity index (χ4n) is 2.58. The Morgan fingerprint density at radius 3 is 3.00 bits per heavy atom. The standard InChI is InChI=1S/C16H21NO2S/c1-12-8-9-17(13(2)11-12)16(19)15-7-6-14(20-15)5-3-4-10-18/h6-7,12-13,18H,4,8-11H2,1-2H3. The minimum absolute atomic E-state index is 0.0770. The van der Waals surface area contributed by atoms with Gasteiger partial charge in [0.1, 0.15) is 0 Å². The molecule has 1 saturated heterocycles. The van der Waals surface area contributed by atoms with Crippen molar-refractivity contribution in [2.75, 3.05) is 13.2 Å². The van der Waals surface area contributed by atoms with E-state index in [2.05, 4.69) is 25.7 Å². The predicted octanol–water partition coefficient (Wildman–Crippen LogP) is 2.74. The summed E-state index contributed by atoms with van der Waals surface area (Å²) in [6.07, 6.45) is 2.65. The highest BCUT2D eigenvalue weighted by molar-refractivity contribution is 7.14. The Bertz CT molecular complexity index is 526. The second-order valence-electron chi connectivity index (χ2n) is 5.42. The number of nitrogens with zero attached hydrogens (tertiary/aromatic N) is 1. The van der Waals surface area contributed by atoms with E-state index in [0.29, 0.717) is 18.4 Å². The van der Waals surface area contributed by atoms with Crippen LogP contribution in [0.1, 0.15) is 47.7 Å². The SMILES string of the molecule is CC1CCN(C(=O)c2ccc(C#CCCO)s2)C(C)C1. The van der Waals surface area contributed by atoms with Crippen LogP contribution in [0.4, 0.5) is 0 Å². The average Bonchev–Trinajstić information content (AvgIpc) is 2.87. The van der Waals surface area contributed by atoms with Gasteiger partial charge in [-0.05, 0) is 37.8 Å². The van der Waals surface area contributed by atoms with Crippen molar-refractivity contribution in [1.29, 1.82) is 0 Å². The van der Waals surface area contributed by atoms with Gasteiger partial charge in [0.05, 0.1) is 16.4 Å². The summed E-state index contributed by atoms with van der Waals surface area (Å²) in [5, 5.41) is 8.70. The Labute approximate surface area is 124 Å². The minimum Gasteiger partial charge on any atom is -0.395 e. The number of amides is 1. The number of carbonyl (C=O) groups excluding carboxylic acids is 1. The fourth-order valence-corrected chi connectivity index (χ4v) is 3.41. The first-order valence-corrected chi connectivity index (χ1v) is 7.94. The average molecular weight is 291 g/mol. The number of hydrogen-bond acceptors (Lipinski definition) is 3. The molecule has 2 rings (SSSR count). The zero-order chi connectivity index (χ0) is 14.5. The molecule has 1 aromatic heterocycles. The summed E-state index contributed by atoms with van der Waals surface area (Å²) in [5.41, 5.74) is 0. The summed E-state index contributed by atoms with van der Waals surface area (Å²) in [6, 6.07) is 4.07. The van der Waals surface area contributed by atoms with Crippen molar-refractivity contribution < 1.29 is 9.90 Å². The lowest BCUT2D eigenvalue weighted by Gasteiger charge is -2.36. The lowest BCUT2D eigenvalue weighted by molar-refractivity contribution is 0.0593. The van der Waals surface area contributed by atoms with E-state index in [1.165, 1.54) is 11.3 Å². The first-order chi connectivity index (χ1) is 9.61. The molecular weight excluding hydrogens is 270 g/mol. The highest BCUT2D eigenvalue weighted by Gasteiger charge is 2.28. The second kappa shape index (κ2) is 6.92. The van der Waals surface area contributed by atoms with Crippen molar-refractivity contribution in [2.45, 2.75) is 39.2 Å². The van der Waals surface area contributed by atoms with Crippen molar-refractivity contribution in [3.8, 4) is 11.8 Å². The number of likely N-dealkylation sites (tertiary alicyclic amines) is 1. The van der Waals surface area contributed by atoms with Crippen LogP contribution in [0.3, 0.4) is 0 Å². The van der Waals surface area contributed by atoms with Gasteiger partial charge >= 0.3 is 0 Å². The van der Waals surface area contributed by atoms with Crippen LogP contribution in [0.2, 0.25) is 0 Å². The maximum Gasteiger partial charge on any atom is 0.264 e. The summed E-state index contributed by atoms with van der Waals surface area (Å²) < 4.78 is 0. The first-order valence-electron chi connectivity index (χ1n) is 7.12. The van der Waals surface area contributed by atoms with Crippen molar-refractivity contribution in [3.63, 3.8) is 0 Å². The number of hydrogen-bond donors (Lipinski definition) is 1. The summed E-state index contributed by atoms with van der Waals surface area (Å²) >= 11 is 1.44. The van der Waals surface area contributed by atoms with Gasteiger partial charge in [0.15, 0.2) is 0 Å². The van der Waals surface area contributed by atoms with Crippen LogP contribution in [0.25, 0.3) is 0 Å². The van der Waals surface area contributed by atoms with Crippen LogP contribution in [-0.2, 0) is 0 Å². The molecule has 3 nitrogen and oxygen atoms in total. The smallest absolute Gasteiger partial charge is 0.264 e. The van der Waals surface area contributed by atoms with Gasteiger partial charge in [0.2, 0.25) is 0 Å². The zero-order valence-electron chi connectivity index (χ0n) is 12.1. The third-order valence-electron chi connectivity index (χ3n) is 3.66. The second-order valence-corrected chi connectivity index (χ2v) is 6.50. The number of rotatable bonds is 2. The van der Waals surface area contributed by atoms with Crippen molar-refractivity contribution in [1.82, 2.24) is 4.90 Å². The van der Waals surface area contributed by atoms with Crippen molar-refractivity contribution in [3.05, 3.63) is 21.9 Å². The monoisotopic (exact) mass is 291 g/mol. The molecule has 108 valence electrons. The Hall–Kier alpha value is -1.31. The molecule has 0 aromatic carbocycles. The maximum atomic E-state index is 12.5. The van der Waals surface area contributed by atoms with E-state index in [0.717, 1.165) is 29.1 Å². The van der Waals surface area contributed by atoms with E-state index < -0.39 is 0 Å². The fraction of sp³-hybridized carbons (Fsp3) is 0.562. The third kappa shape index (κ3) is 3.62. The van der Waals surface area contributed by atoms with Crippen LogP contribution in [0, 0.1) is 17.8 Å². The van der Waals surface area contributed by atoms with Crippen LogP contribution in [0.5, 0.6) is 0 Å². The predicted molar refractivity (Wildman–Crippen MR) is 81.8 cm³/mol. The molecule has 0 aliphatic carbocycles. The van der Waals surface area contributed by atoms with Gasteiger partial charge in [-0.1, -0.05) is 18.8 Å². The van der Waals surface area contributed by atoms with Gasteiger partial charge in [-0.25, -0.2) is 0 Å². The molecule has 1 amide bonds. The van der Waals surface area contributed by atoms with E-state index in [-0.39, 0.29) is 12.5 Å². The van der Waals surface area contributed by atoms with Crippen LogP contribution >= 0.6 is 11.3 Å². The third-order valence-corrected chi connectivity index (χ3v) is 4.65. The van der Waals surface area contributed by atoms with Crippen LogP contribution in [-0.4, -0.2) is 35.1 Å². The number of thiophene rings is 1. The molecule has 0 radical (unpaired) electrons. The van der Waals surface area contributed by atoms with Gasteiger partial charge < -0.3 is 10.0 Å². The number of aliphatic hydroxyl groups excluding tert-OH is 1. The van der Waals surface area contributed by atoms with E-state index >= 15 is 0 Å². The zero-order valence-corrected chi connectivity index (χ0v) is 12.9. The Balaban J connectivity index is 2.05. The molecule has 1 aliphatic rings. The molecule has 2 atom stereocenters. The lowest BCUT2D eigenvalue weighted by Crippen LogP contribution is -2.43. The van der Waals surface area contributed by atoms with Crippen LogP contribution in [0.15, 0.2) is 12.1 Å². The van der Waals surface area contributed by atoms with Gasteiger partial charge in [0, 0.05) is 19.0 Å². The van der Waals surface area contributed by atoms with E-state index in [9.17, 15) is 4.79 Å². The molecule has 0 bridgehead atoms. The number of aliphatic hydroxyl groups is 1. The van der Waals surface area contributed by atoms with Crippen LogP contribution < -0.4 is 0 Å². The Morgan fingerprint density at radius 2 is 2.30 bits per heavy atom. The molecule has 0 spiro atoms. The van der Waals surface area contributed by atoms with Gasteiger partial charge in [-0.3, -0.25) is 4.79 Å². The van der Waals surface area contributed by atoms with Crippen molar-refractivity contribution in [2.24, 2.45) is 5.92 Å². The van der Waals surface area contributed by atoms with Crippen molar-refractivity contribution >= 4 is 17.2 Å². The van der Waals surface area contributed by atoms with Gasteiger partial charge in [-0.2, -0.15) is 0 Å². The number of carbonyl (C=O) groups is 1. The molecule has 1 N–H and O–H groups in total. The Morgan fingerprint density at radius 1 is 1.50 bits per heavy atom. The summed E-state index contributed by atoms with van der Waals surface area (Å²) in [6.45, 7) is 5.31. The molecule has 1 aliphatic heterocycles. The Kier molecular flexibility index (Phi) is 5.22. The molecule has 20 heavy (non-hydrogen) atoms. The summed E-state index contributed by atoms with van der Waals surface area (Å²) in [7, 11) is 0. The van der Waals surface area contributed by atoms with E-state index in [1.54, 1.807) is 0 Å². The summed E-state index contributed by atoms with van der Waals surface area (Å²) in [5.74, 6) is 6.70. The molecule has 4 heteroatoms. The molecule has 2 heterocycles. The topological polar surface area (TPSA) is 40.5 Å². The largest absolute Gasteiger partial charge is 0.395 e. The summed E-state index contributed by atoms with van der Waals surface area (Å²) in [4.78, 5) is 16.1. The molecular formula is C16H21NO2S. The molecule has 1 fully saturated rings. The normalized spacial score (nSPS) is 22.2. The molecule has 1 aromatic rings. The van der Waals surface area contributed by atoms with Gasteiger partial charge in [-0.15, -0.1) is 11.3 Å². The quantitative estimate of drug-likeness (QED) is 0.851. The molecule has 0 saturated carbocycles. The number of piperidine rings is 1. The maximum absolute atomic E-state index is 12.5. The highest BCUT2D eigenvalue weighted by atomic mass is 32.1. The lowest BCUT2D eigenvalue weighted by atomic mass is 9.93. The first kappa shape index (κ1) is 15.1. The minimum atomic E-state index is 0.0770. The van der Waals surface area contributed by atoms with E-state index in [1.807, 2.05) is 17.0 Å². The van der Waals surface area contributed by atoms with Gasteiger partial charge in [0.25, 0.3) is 5.91 Å². The molecule has 2 unspecified atom stereocenters. The van der Waals surface area contributed by atoms with E-state index in [4.69, 9.17) is 5.11 Å².